The first-order valence-corrected chi connectivity index (χ1v) is 9.16. The zero-order valence-corrected chi connectivity index (χ0v) is 19.0. The first-order chi connectivity index (χ1) is 12.0. The van der Waals surface area contributed by atoms with Gasteiger partial charge < -0.3 is 19.9 Å². The normalized spacial score (nSPS) is 12.6. The summed E-state index contributed by atoms with van der Waals surface area (Å²) >= 11 is 1.74. The standard InChI is InChI=1S/C16H26N6O2S.HI/c1-6-23-11(3)15-21-13(24-22-15)9-19-16(17-5)18-8-7-14-20-10(2)12(4)25-14;/h11H,6-9H2,1-5H3,(H2,17,18,19);1H. The number of nitrogens with one attached hydrogen (secondary N) is 2. The summed E-state index contributed by atoms with van der Waals surface area (Å²) in [5, 5.41) is 11.5. The maximum absolute atomic E-state index is 5.45. The molecule has 0 aromatic carbocycles. The molecule has 0 bridgehead atoms. The van der Waals surface area contributed by atoms with E-state index in [2.05, 4.69) is 37.7 Å². The maximum Gasteiger partial charge on any atom is 0.246 e. The van der Waals surface area contributed by atoms with Crippen LogP contribution >= 0.6 is 35.3 Å². The second-order valence-corrected chi connectivity index (χ2v) is 6.78. The Morgan fingerprint density at radius 3 is 2.69 bits per heavy atom. The van der Waals surface area contributed by atoms with Crippen molar-refractivity contribution in [1.29, 1.82) is 0 Å². The lowest BCUT2D eigenvalue weighted by molar-refractivity contribution is 0.0683. The van der Waals surface area contributed by atoms with Crippen molar-refractivity contribution in [2.75, 3.05) is 20.2 Å². The average Bonchev–Trinajstić information content (AvgIpc) is 3.18. The molecular formula is C16H27IN6O2S. The Labute approximate surface area is 175 Å². The monoisotopic (exact) mass is 494 g/mol. The Hall–Kier alpha value is -1.27. The highest BCUT2D eigenvalue weighted by atomic mass is 127. The molecular weight excluding hydrogens is 467 g/mol. The van der Waals surface area contributed by atoms with Gasteiger partial charge in [-0.2, -0.15) is 4.98 Å². The van der Waals surface area contributed by atoms with Crippen molar-refractivity contribution in [1.82, 2.24) is 25.8 Å². The number of ether oxygens (including phenoxy) is 1. The van der Waals surface area contributed by atoms with Gasteiger partial charge in [-0.15, -0.1) is 35.3 Å². The van der Waals surface area contributed by atoms with Crippen molar-refractivity contribution in [3.05, 3.63) is 27.3 Å². The third-order valence-electron chi connectivity index (χ3n) is 3.60. The summed E-state index contributed by atoms with van der Waals surface area (Å²) in [5.74, 6) is 1.73. The molecule has 146 valence electrons. The summed E-state index contributed by atoms with van der Waals surface area (Å²) in [5.41, 5.74) is 1.11. The summed E-state index contributed by atoms with van der Waals surface area (Å²) in [6.07, 6.45) is 0.682. The van der Waals surface area contributed by atoms with Gasteiger partial charge in [0.15, 0.2) is 11.8 Å². The minimum absolute atomic E-state index is 0. The number of hydrogen-bond donors (Lipinski definition) is 2. The molecule has 1 unspecified atom stereocenters. The number of thiazole rings is 1. The van der Waals surface area contributed by atoms with Crippen LogP contribution in [-0.2, 0) is 17.7 Å². The average molecular weight is 494 g/mol. The molecule has 2 aromatic heterocycles. The fourth-order valence-corrected chi connectivity index (χ4v) is 3.08. The lowest BCUT2D eigenvalue weighted by atomic mass is 10.4. The van der Waals surface area contributed by atoms with Crippen LogP contribution in [0.2, 0.25) is 0 Å². The van der Waals surface area contributed by atoms with Gasteiger partial charge in [0.25, 0.3) is 0 Å². The van der Waals surface area contributed by atoms with Gasteiger partial charge in [0.2, 0.25) is 5.89 Å². The Morgan fingerprint density at radius 1 is 1.31 bits per heavy atom. The van der Waals surface area contributed by atoms with Gasteiger partial charge in [0.1, 0.15) is 6.10 Å². The molecule has 0 aliphatic heterocycles. The molecule has 0 aliphatic carbocycles. The molecule has 2 heterocycles. The van der Waals surface area contributed by atoms with E-state index >= 15 is 0 Å². The molecule has 2 N–H and O–H groups in total. The first-order valence-electron chi connectivity index (χ1n) is 8.35. The van der Waals surface area contributed by atoms with Gasteiger partial charge in [-0.05, 0) is 27.7 Å². The molecule has 2 aromatic rings. The second kappa shape index (κ2) is 11.4. The Morgan fingerprint density at radius 2 is 2.08 bits per heavy atom. The van der Waals surface area contributed by atoms with E-state index in [1.807, 2.05) is 20.8 Å². The van der Waals surface area contributed by atoms with E-state index in [1.165, 1.54) is 4.88 Å². The van der Waals surface area contributed by atoms with E-state index in [0.717, 1.165) is 23.7 Å². The smallest absolute Gasteiger partial charge is 0.246 e. The largest absolute Gasteiger partial charge is 0.371 e. The Balaban J connectivity index is 0.00000338. The van der Waals surface area contributed by atoms with Gasteiger partial charge in [0, 0.05) is 31.5 Å². The van der Waals surface area contributed by atoms with Crippen LogP contribution in [0.25, 0.3) is 0 Å². The number of aromatic nitrogens is 3. The third kappa shape index (κ3) is 6.80. The van der Waals surface area contributed by atoms with Crippen molar-refractivity contribution in [3.8, 4) is 0 Å². The predicted octanol–water partition coefficient (Wildman–Crippen LogP) is 2.77. The molecule has 8 nitrogen and oxygen atoms in total. The highest BCUT2D eigenvalue weighted by Gasteiger charge is 2.13. The van der Waals surface area contributed by atoms with Gasteiger partial charge in [-0.1, -0.05) is 5.16 Å². The van der Waals surface area contributed by atoms with Crippen molar-refractivity contribution < 1.29 is 9.26 Å². The molecule has 2 rings (SSSR count). The van der Waals surface area contributed by atoms with Crippen LogP contribution in [0.3, 0.4) is 0 Å². The van der Waals surface area contributed by atoms with Gasteiger partial charge in [-0.3, -0.25) is 4.99 Å². The van der Waals surface area contributed by atoms with Crippen LogP contribution in [-0.4, -0.2) is 41.3 Å². The number of aryl methyl sites for hydroxylation is 2. The van der Waals surface area contributed by atoms with E-state index in [-0.39, 0.29) is 30.1 Å². The van der Waals surface area contributed by atoms with Crippen LogP contribution in [0.1, 0.15) is 47.2 Å². The molecule has 0 fully saturated rings. The number of guanidine groups is 1. The molecule has 0 amide bonds. The van der Waals surface area contributed by atoms with Gasteiger partial charge in [0.05, 0.1) is 17.2 Å². The minimum atomic E-state index is -0.176. The molecule has 0 saturated heterocycles. The van der Waals surface area contributed by atoms with Crippen LogP contribution < -0.4 is 10.6 Å². The molecule has 0 saturated carbocycles. The minimum Gasteiger partial charge on any atom is -0.371 e. The zero-order chi connectivity index (χ0) is 18.2. The van der Waals surface area contributed by atoms with Crippen LogP contribution in [0.15, 0.2) is 9.52 Å². The van der Waals surface area contributed by atoms with Crippen molar-refractivity contribution in [2.45, 2.75) is 46.8 Å². The van der Waals surface area contributed by atoms with Crippen LogP contribution in [0.5, 0.6) is 0 Å². The second-order valence-electron chi connectivity index (χ2n) is 5.50. The van der Waals surface area contributed by atoms with Crippen molar-refractivity contribution in [3.63, 3.8) is 0 Å². The van der Waals surface area contributed by atoms with E-state index in [9.17, 15) is 0 Å². The molecule has 10 heteroatoms. The fourth-order valence-electron chi connectivity index (χ4n) is 2.14. The van der Waals surface area contributed by atoms with Crippen LogP contribution in [0, 0.1) is 13.8 Å². The number of halogens is 1. The maximum atomic E-state index is 5.45. The molecule has 0 radical (unpaired) electrons. The quantitative estimate of drug-likeness (QED) is 0.331. The molecule has 0 aliphatic rings. The highest BCUT2D eigenvalue weighted by Crippen LogP contribution is 2.16. The Kier molecular flexibility index (Phi) is 10.0. The summed E-state index contributed by atoms with van der Waals surface area (Å²) in [6, 6.07) is 0. The molecule has 1 atom stereocenters. The SMILES string of the molecule is CCOC(C)c1noc(CNC(=NC)NCCc2nc(C)c(C)s2)n1.I. The molecule has 26 heavy (non-hydrogen) atoms. The van der Waals surface area contributed by atoms with E-state index < -0.39 is 0 Å². The van der Waals surface area contributed by atoms with E-state index in [0.29, 0.717) is 30.8 Å². The van der Waals surface area contributed by atoms with E-state index in [4.69, 9.17) is 9.26 Å². The van der Waals surface area contributed by atoms with Crippen molar-refractivity contribution in [2.24, 2.45) is 4.99 Å². The van der Waals surface area contributed by atoms with Crippen molar-refractivity contribution >= 4 is 41.3 Å². The first kappa shape index (κ1) is 22.8. The molecule has 0 spiro atoms. The lowest BCUT2D eigenvalue weighted by Crippen LogP contribution is -2.37. The van der Waals surface area contributed by atoms with E-state index in [1.54, 1.807) is 18.4 Å². The fraction of sp³-hybridized carbons (Fsp3) is 0.625. The summed E-state index contributed by atoms with van der Waals surface area (Å²) in [7, 11) is 1.73. The Bertz CT molecular complexity index is 683. The lowest BCUT2D eigenvalue weighted by Gasteiger charge is -2.09. The highest BCUT2D eigenvalue weighted by molar-refractivity contribution is 14.0. The van der Waals surface area contributed by atoms with Gasteiger partial charge in [-0.25, -0.2) is 4.98 Å². The summed E-state index contributed by atoms with van der Waals surface area (Å²) in [4.78, 5) is 14.3. The number of aliphatic imine (C=N–C) groups is 1. The third-order valence-corrected chi connectivity index (χ3v) is 4.73. The topological polar surface area (TPSA) is 97.5 Å². The summed E-state index contributed by atoms with van der Waals surface area (Å²) in [6.45, 7) is 9.72. The predicted molar refractivity (Wildman–Crippen MR) is 113 cm³/mol. The van der Waals surface area contributed by atoms with Gasteiger partial charge >= 0.3 is 0 Å². The zero-order valence-electron chi connectivity index (χ0n) is 15.8. The number of rotatable bonds is 8. The summed E-state index contributed by atoms with van der Waals surface area (Å²) < 4.78 is 10.7. The number of hydrogen-bond acceptors (Lipinski definition) is 7. The number of nitrogens with zero attached hydrogens (tertiary/aromatic N) is 4. The van der Waals surface area contributed by atoms with Crippen LogP contribution in [0.4, 0.5) is 0 Å².